The minimum Gasteiger partial charge on any atom is -0.481 e. The fourth-order valence-corrected chi connectivity index (χ4v) is 1.99. The number of hydrogen-bond donors (Lipinski definition) is 1. The lowest BCUT2D eigenvalue weighted by molar-refractivity contribution is 0.181. The Balaban J connectivity index is 2.61. The van der Waals surface area contributed by atoms with Crippen molar-refractivity contribution < 1.29 is 9.47 Å². The first kappa shape index (κ1) is 13.3. The predicted molar refractivity (Wildman–Crippen MR) is 69.1 cm³/mol. The van der Waals surface area contributed by atoms with Crippen molar-refractivity contribution in [3.63, 3.8) is 0 Å². The van der Waals surface area contributed by atoms with E-state index in [9.17, 15) is 4.79 Å². The van der Waals surface area contributed by atoms with Gasteiger partial charge in [0.15, 0.2) is 0 Å². The molecule has 0 unspecified atom stereocenters. The molecule has 19 heavy (non-hydrogen) atoms. The van der Waals surface area contributed by atoms with Gasteiger partial charge in [0.1, 0.15) is 11.4 Å². The number of rotatable bonds is 4. The fraction of sp³-hybridized carbons (Fsp3) is 0.417. The highest BCUT2D eigenvalue weighted by atomic mass is 16.5. The third-order valence-electron chi connectivity index (χ3n) is 2.69. The molecule has 0 aliphatic rings. The van der Waals surface area contributed by atoms with E-state index in [1.807, 2.05) is 6.92 Å². The van der Waals surface area contributed by atoms with Crippen LogP contribution in [-0.4, -0.2) is 34.0 Å². The number of hydrogen-bond acceptors (Lipinski definition) is 5. The van der Waals surface area contributed by atoms with Crippen molar-refractivity contribution in [2.45, 2.75) is 13.5 Å². The maximum atomic E-state index is 11.7. The number of H-pyrrole nitrogens is 1. The largest absolute Gasteiger partial charge is 0.481 e. The Morgan fingerprint density at radius 3 is 2.79 bits per heavy atom. The number of aromatic nitrogens is 4. The van der Waals surface area contributed by atoms with Crippen LogP contribution < -0.4 is 10.3 Å². The van der Waals surface area contributed by atoms with Crippen LogP contribution in [-0.2, 0) is 18.4 Å². The highest BCUT2D eigenvalue weighted by Crippen LogP contribution is 2.29. The van der Waals surface area contributed by atoms with Crippen molar-refractivity contribution in [1.29, 1.82) is 0 Å². The van der Waals surface area contributed by atoms with Crippen molar-refractivity contribution in [3.8, 4) is 17.3 Å². The van der Waals surface area contributed by atoms with Gasteiger partial charge in [-0.1, -0.05) is 0 Å². The summed E-state index contributed by atoms with van der Waals surface area (Å²) in [4.78, 5) is 18.7. The first-order valence-corrected chi connectivity index (χ1v) is 5.74. The van der Waals surface area contributed by atoms with E-state index in [1.54, 1.807) is 25.9 Å². The van der Waals surface area contributed by atoms with Crippen LogP contribution in [0.15, 0.2) is 10.9 Å². The first-order chi connectivity index (χ1) is 9.06. The highest BCUT2D eigenvalue weighted by Gasteiger charge is 2.18. The van der Waals surface area contributed by atoms with Crippen molar-refractivity contribution in [3.05, 3.63) is 27.8 Å². The second-order valence-electron chi connectivity index (χ2n) is 4.11. The zero-order chi connectivity index (χ0) is 14.0. The topological polar surface area (TPSA) is 82.0 Å². The van der Waals surface area contributed by atoms with Gasteiger partial charge < -0.3 is 14.5 Å². The summed E-state index contributed by atoms with van der Waals surface area (Å²) in [5.41, 5.74) is 1.74. The molecule has 0 spiro atoms. The zero-order valence-electron chi connectivity index (χ0n) is 11.4. The Labute approximate surface area is 110 Å². The summed E-state index contributed by atoms with van der Waals surface area (Å²) < 4.78 is 11.9. The molecule has 2 rings (SSSR count). The summed E-state index contributed by atoms with van der Waals surface area (Å²) in [5, 5.41) is 4.26. The van der Waals surface area contributed by atoms with Crippen molar-refractivity contribution in [2.75, 3.05) is 14.2 Å². The van der Waals surface area contributed by atoms with Gasteiger partial charge in [0, 0.05) is 20.2 Å². The maximum absolute atomic E-state index is 11.7. The SMILES string of the molecule is COCc1cc(=O)[nH]c(-c2c(C)nn(C)c2OC)n1. The summed E-state index contributed by atoms with van der Waals surface area (Å²) in [6.45, 7) is 2.11. The predicted octanol–water partition coefficient (Wildman–Crippen LogP) is 0.634. The summed E-state index contributed by atoms with van der Waals surface area (Å²) in [7, 11) is 4.88. The molecule has 0 saturated carbocycles. The molecule has 0 aliphatic heterocycles. The van der Waals surface area contributed by atoms with E-state index in [1.165, 1.54) is 6.07 Å². The number of ether oxygens (including phenoxy) is 2. The minimum absolute atomic E-state index is 0.234. The Kier molecular flexibility index (Phi) is 3.66. The van der Waals surface area contributed by atoms with Crippen LogP contribution in [0.25, 0.3) is 11.4 Å². The van der Waals surface area contributed by atoms with Crippen molar-refractivity contribution >= 4 is 0 Å². The quantitative estimate of drug-likeness (QED) is 0.876. The number of aryl methyl sites for hydroxylation is 2. The highest BCUT2D eigenvalue weighted by molar-refractivity contribution is 5.64. The lowest BCUT2D eigenvalue weighted by Gasteiger charge is -2.06. The molecule has 2 aromatic rings. The van der Waals surface area contributed by atoms with E-state index in [-0.39, 0.29) is 12.2 Å². The Morgan fingerprint density at radius 1 is 1.42 bits per heavy atom. The van der Waals surface area contributed by atoms with Crippen molar-refractivity contribution in [2.24, 2.45) is 7.05 Å². The van der Waals surface area contributed by atoms with Crippen LogP contribution in [0.1, 0.15) is 11.4 Å². The van der Waals surface area contributed by atoms with Crippen LogP contribution in [0.5, 0.6) is 5.88 Å². The normalized spacial score (nSPS) is 10.7. The molecular formula is C12H16N4O3. The molecule has 2 aromatic heterocycles. The van der Waals surface area contributed by atoms with E-state index in [0.717, 1.165) is 5.69 Å². The minimum atomic E-state index is -0.234. The molecule has 0 amide bonds. The van der Waals surface area contributed by atoms with Gasteiger partial charge in [-0.15, -0.1) is 0 Å². The van der Waals surface area contributed by atoms with E-state index in [2.05, 4.69) is 15.1 Å². The molecule has 0 atom stereocenters. The number of nitrogens with zero attached hydrogens (tertiary/aromatic N) is 3. The Bertz CT molecular complexity index is 645. The lowest BCUT2D eigenvalue weighted by Crippen LogP contribution is -2.11. The molecule has 1 N–H and O–H groups in total. The zero-order valence-corrected chi connectivity index (χ0v) is 11.4. The molecule has 2 heterocycles. The van der Waals surface area contributed by atoms with E-state index in [0.29, 0.717) is 23.0 Å². The molecule has 7 nitrogen and oxygen atoms in total. The molecule has 0 fully saturated rings. The smallest absolute Gasteiger partial charge is 0.251 e. The summed E-state index contributed by atoms with van der Waals surface area (Å²) in [6, 6.07) is 1.41. The molecule has 7 heteroatoms. The molecule has 102 valence electrons. The van der Waals surface area contributed by atoms with E-state index >= 15 is 0 Å². The molecule has 0 aliphatic carbocycles. The van der Waals surface area contributed by atoms with Gasteiger partial charge in [-0.25, -0.2) is 9.67 Å². The molecule has 0 bridgehead atoms. The van der Waals surface area contributed by atoms with Gasteiger partial charge in [-0.3, -0.25) is 4.79 Å². The van der Waals surface area contributed by atoms with E-state index < -0.39 is 0 Å². The van der Waals surface area contributed by atoms with Gasteiger partial charge in [-0.2, -0.15) is 5.10 Å². The Hall–Kier alpha value is -2.15. The second-order valence-corrected chi connectivity index (χ2v) is 4.11. The van der Waals surface area contributed by atoms with Crippen LogP contribution >= 0.6 is 0 Å². The van der Waals surface area contributed by atoms with Gasteiger partial charge in [0.2, 0.25) is 5.88 Å². The van der Waals surface area contributed by atoms with Crippen LogP contribution in [0.2, 0.25) is 0 Å². The average molecular weight is 264 g/mol. The number of aromatic amines is 1. The first-order valence-electron chi connectivity index (χ1n) is 5.74. The van der Waals surface area contributed by atoms with Gasteiger partial charge in [0.05, 0.1) is 25.1 Å². The lowest BCUT2D eigenvalue weighted by atomic mass is 10.2. The summed E-state index contributed by atoms with van der Waals surface area (Å²) in [6.07, 6.45) is 0. The second kappa shape index (κ2) is 5.23. The monoisotopic (exact) mass is 264 g/mol. The molecule has 0 aromatic carbocycles. The van der Waals surface area contributed by atoms with Crippen molar-refractivity contribution in [1.82, 2.24) is 19.7 Å². The summed E-state index contributed by atoms with van der Waals surface area (Å²) >= 11 is 0. The Morgan fingerprint density at radius 2 is 2.16 bits per heavy atom. The maximum Gasteiger partial charge on any atom is 0.251 e. The third kappa shape index (κ3) is 2.50. The van der Waals surface area contributed by atoms with Gasteiger partial charge >= 0.3 is 0 Å². The number of nitrogens with one attached hydrogen (secondary N) is 1. The molecular weight excluding hydrogens is 248 g/mol. The van der Waals surface area contributed by atoms with Crippen LogP contribution in [0.3, 0.4) is 0 Å². The number of methoxy groups -OCH3 is 2. The third-order valence-corrected chi connectivity index (χ3v) is 2.69. The van der Waals surface area contributed by atoms with E-state index in [4.69, 9.17) is 9.47 Å². The van der Waals surface area contributed by atoms with Gasteiger partial charge in [0.25, 0.3) is 5.56 Å². The van der Waals surface area contributed by atoms with Gasteiger partial charge in [-0.05, 0) is 6.92 Å². The standard InChI is InChI=1S/C12H16N4O3/c1-7-10(12(19-4)16(2)15-7)11-13-8(6-18-3)5-9(17)14-11/h5H,6H2,1-4H3,(H,13,14,17). The fourth-order valence-electron chi connectivity index (χ4n) is 1.99. The summed E-state index contributed by atoms with van der Waals surface area (Å²) in [5.74, 6) is 0.984. The van der Waals surface area contributed by atoms with Crippen LogP contribution in [0.4, 0.5) is 0 Å². The molecule has 0 saturated heterocycles. The van der Waals surface area contributed by atoms with Crippen LogP contribution in [0, 0.1) is 6.92 Å². The molecule has 0 radical (unpaired) electrons. The average Bonchev–Trinajstić information content (AvgIpc) is 2.63.